The van der Waals surface area contributed by atoms with Crippen molar-refractivity contribution in [2.45, 2.75) is 24.5 Å². The number of halogens is 2. The van der Waals surface area contributed by atoms with E-state index in [4.69, 9.17) is 23.2 Å². The van der Waals surface area contributed by atoms with Gasteiger partial charge in [0.1, 0.15) is 11.0 Å². The minimum atomic E-state index is -3.78. The molecule has 0 bridgehead atoms. The predicted octanol–water partition coefficient (Wildman–Crippen LogP) is 4.99. The average Bonchev–Trinajstić information content (AvgIpc) is 3.27. The van der Waals surface area contributed by atoms with Crippen LogP contribution in [0.5, 0.6) is 0 Å². The lowest BCUT2D eigenvalue weighted by molar-refractivity contribution is 0.228. The zero-order valence-electron chi connectivity index (χ0n) is 13.6. The second-order valence-corrected chi connectivity index (χ2v) is 10.3. The number of hydrogen-bond acceptors (Lipinski definition) is 5. The molecular weight excluding hydrogens is 433 g/mol. The van der Waals surface area contributed by atoms with Crippen LogP contribution < -0.4 is 4.72 Å². The van der Waals surface area contributed by atoms with Crippen molar-refractivity contribution < 1.29 is 13.5 Å². The molecule has 0 aliphatic heterocycles. The Bertz CT molecular complexity index is 1010. The van der Waals surface area contributed by atoms with Gasteiger partial charge in [-0.1, -0.05) is 29.3 Å². The fraction of sp³-hybridized carbons (Fsp3) is 0.176. The highest BCUT2D eigenvalue weighted by Gasteiger charge is 2.20. The smallest absolute Gasteiger partial charge is 0.242 e. The summed E-state index contributed by atoms with van der Waals surface area (Å²) < 4.78 is 27.6. The van der Waals surface area contributed by atoms with E-state index in [2.05, 4.69) is 4.72 Å². The lowest BCUT2D eigenvalue weighted by atomic mass is 10.2. The highest BCUT2D eigenvalue weighted by atomic mass is 35.5. The van der Waals surface area contributed by atoms with E-state index in [1.54, 1.807) is 19.1 Å². The van der Waals surface area contributed by atoms with Crippen LogP contribution in [0.3, 0.4) is 0 Å². The van der Waals surface area contributed by atoms with Crippen LogP contribution in [0.2, 0.25) is 10.0 Å². The summed E-state index contributed by atoms with van der Waals surface area (Å²) in [7, 11) is -3.78. The van der Waals surface area contributed by atoms with Crippen LogP contribution in [0.15, 0.2) is 46.7 Å². The highest BCUT2D eigenvalue weighted by molar-refractivity contribution is 7.89. The van der Waals surface area contributed by atoms with Gasteiger partial charge >= 0.3 is 0 Å². The molecule has 0 amide bonds. The molecule has 2 N–H and O–H groups in total. The summed E-state index contributed by atoms with van der Waals surface area (Å²) in [4.78, 5) is 2.40. The Morgan fingerprint density at radius 1 is 1.15 bits per heavy atom. The first-order valence-electron chi connectivity index (χ1n) is 7.53. The van der Waals surface area contributed by atoms with Gasteiger partial charge in [0.25, 0.3) is 0 Å². The summed E-state index contributed by atoms with van der Waals surface area (Å²) in [6.45, 7) is 1.83. The Balaban J connectivity index is 1.74. The van der Waals surface area contributed by atoms with E-state index >= 15 is 0 Å². The number of rotatable bonds is 6. The van der Waals surface area contributed by atoms with Gasteiger partial charge < -0.3 is 5.11 Å². The van der Waals surface area contributed by atoms with Crippen molar-refractivity contribution in [3.63, 3.8) is 0 Å². The summed E-state index contributed by atoms with van der Waals surface area (Å²) in [5, 5.41) is 12.7. The summed E-state index contributed by atoms with van der Waals surface area (Å²) in [5.41, 5.74) is 0.633. The van der Waals surface area contributed by atoms with Crippen molar-refractivity contribution in [3.8, 4) is 0 Å². The first-order chi connectivity index (χ1) is 12.3. The van der Waals surface area contributed by atoms with E-state index in [1.807, 2.05) is 17.5 Å². The zero-order valence-corrected chi connectivity index (χ0v) is 17.5. The van der Waals surface area contributed by atoms with Gasteiger partial charge in [0, 0.05) is 26.2 Å². The van der Waals surface area contributed by atoms with Crippen LogP contribution >= 0.6 is 45.9 Å². The van der Waals surface area contributed by atoms with Crippen molar-refractivity contribution in [3.05, 3.63) is 72.0 Å². The van der Waals surface area contributed by atoms with Crippen LogP contribution in [0.4, 0.5) is 0 Å². The number of thiophene rings is 2. The minimum Gasteiger partial charge on any atom is -0.382 e. The van der Waals surface area contributed by atoms with Gasteiger partial charge in [-0.05, 0) is 48.2 Å². The second kappa shape index (κ2) is 7.98. The topological polar surface area (TPSA) is 66.4 Å². The van der Waals surface area contributed by atoms with Gasteiger partial charge in [0.2, 0.25) is 10.0 Å². The van der Waals surface area contributed by atoms with Crippen molar-refractivity contribution in [2.75, 3.05) is 0 Å². The maximum atomic E-state index is 12.5. The number of nitrogens with one attached hydrogen (secondary N) is 1. The molecule has 3 aromatic rings. The molecule has 0 saturated carbocycles. The van der Waals surface area contributed by atoms with E-state index < -0.39 is 16.1 Å². The van der Waals surface area contributed by atoms with E-state index in [9.17, 15) is 13.5 Å². The van der Waals surface area contributed by atoms with Crippen LogP contribution in [0, 0.1) is 6.92 Å². The molecule has 0 spiro atoms. The van der Waals surface area contributed by atoms with Gasteiger partial charge in [-0.15, -0.1) is 22.7 Å². The van der Waals surface area contributed by atoms with Gasteiger partial charge in [-0.3, -0.25) is 0 Å². The molecule has 138 valence electrons. The maximum absolute atomic E-state index is 12.5. The van der Waals surface area contributed by atoms with Gasteiger partial charge in [0.15, 0.2) is 0 Å². The van der Waals surface area contributed by atoms with Crippen LogP contribution in [-0.4, -0.2) is 13.5 Å². The van der Waals surface area contributed by atoms with E-state index in [0.29, 0.717) is 10.6 Å². The van der Waals surface area contributed by atoms with Crippen LogP contribution in [0.1, 0.15) is 26.3 Å². The number of aryl methyl sites for hydroxylation is 1. The highest BCUT2D eigenvalue weighted by Crippen LogP contribution is 2.32. The first-order valence-corrected chi connectivity index (χ1v) is 11.5. The molecule has 26 heavy (non-hydrogen) atoms. The van der Waals surface area contributed by atoms with Gasteiger partial charge in [0.05, 0.1) is 5.02 Å². The van der Waals surface area contributed by atoms with Crippen LogP contribution in [-0.2, 0) is 16.6 Å². The molecule has 0 aliphatic carbocycles. The summed E-state index contributed by atoms with van der Waals surface area (Å²) in [6.07, 6.45) is -0.696. The molecular formula is C17H15Cl2NO3S3. The van der Waals surface area contributed by atoms with Crippen molar-refractivity contribution in [2.24, 2.45) is 0 Å². The molecule has 0 saturated heterocycles. The molecule has 1 atom stereocenters. The average molecular weight is 448 g/mol. The fourth-order valence-corrected chi connectivity index (χ4v) is 5.99. The van der Waals surface area contributed by atoms with E-state index in [1.165, 1.54) is 34.8 Å². The quantitative estimate of drug-likeness (QED) is 0.559. The van der Waals surface area contributed by atoms with Gasteiger partial charge in [-0.2, -0.15) is 0 Å². The van der Waals surface area contributed by atoms with Crippen molar-refractivity contribution in [1.29, 1.82) is 0 Å². The van der Waals surface area contributed by atoms with Crippen molar-refractivity contribution in [1.82, 2.24) is 4.72 Å². The maximum Gasteiger partial charge on any atom is 0.242 e. The van der Waals surface area contributed by atoms with Crippen LogP contribution in [0.25, 0.3) is 0 Å². The van der Waals surface area contributed by atoms with Gasteiger partial charge in [-0.25, -0.2) is 13.1 Å². The molecule has 0 aliphatic rings. The third kappa shape index (κ3) is 4.31. The summed E-state index contributed by atoms with van der Waals surface area (Å²) in [6, 6.07) is 10.2. The summed E-state index contributed by atoms with van der Waals surface area (Å²) >= 11 is 14.8. The number of hydrogen-bond donors (Lipinski definition) is 2. The Labute approximate surface area is 170 Å². The molecule has 3 rings (SSSR count). The number of aliphatic hydroxyl groups excluding tert-OH is 1. The van der Waals surface area contributed by atoms with E-state index in [0.717, 1.165) is 14.6 Å². The molecule has 2 aromatic heterocycles. The number of sulfonamides is 1. The zero-order chi connectivity index (χ0) is 18.9. The third-order valence-electron chi connectivity index (χ3n) is 3.70. The third-order valence-corrected chi connectivity index (χ3v) is 8.04. The monoisotopic (exact) mass is 447 g/mol. The first kappa shape index (κ1) is 19.8. The normalized spacial score (nSPS) is 13.1. The standard InChI is InChI=1S/C17H15Cl2NO3S3/c1-10-7-16(13(19)8-12(10)18)26(22,23)20-9-11-4-5-15(25-11)17(21)14-3-2-6-24-14/h2-8,17,20-21H,9H2,1H3. The number of aliphatic hydroxyl groups is 1. The molecule has 1 unspecified atom stereocenters. The molecule has 9 heteroatoms. The Kier molecular flexibility index (Phi) is 6.08. The Morgan fingerprint density at radius 2 is 1.92 bits per heavy atom. The van der Waals surface area contributed by atoms with E-state index in [-0.39, 0.29) is 16.5 Å². The molecule has 0 fully saturated rings. The molecule has 4 nitrogen and oxygen atoms in total. The fourth-order valence-electron chi connectivity index (χ4n) is 2.30. The second-order valence-electron chi connectivity index (χ2n) is 5.58. The SMILES string of the molecule is Cc1cc(S(=O)(=O)NCc2ccc(C(O)c3cccs3)s2)c(Cl)cc1Cl. The molecule has 1 aromatic carbocycles. The largest absolute Gasteiger partial charge is 0.382 e. The Morgan fingerprint density at radius 3 is 2.62 bits per heavy atom. The number of benzene rings is 1. The minimum absolute atomic E-state index is 0.00327. The predicted molar refractivity (Wildman–Crippen MR) is 108 cm³/mol. The molecule has 0 radical (unpaired) electrons. The lowest BCUT2D eigenvalue weighted by Crippen LogP contribution is -2.23. The molecule has 2 heterocycles. The lowest BCUT2D eigenvalue weighted by Gasteiger charge is -2.09. The Hall–Kier alpha value is -0.930. The summed E-state index contributed by atoms with van der Waals surface area (Å²) in [5.74, 6) is 0. The van der Waals surface area contributed by atoms with Crippen molar-refractivity contribution >= 4 is 55.9 Å².